The molecular formula is C13H23NO4. The van der Waals surface area contributed by atoms with Crippen molar-refractivity contribution < 1.29 is 19.4 Å². The number of hydrogen-bond acceptors (Lipinski definition) is 3. The lowest BCUT2D eigenvalue weighted by Gasteiger charge is -2.14. The molecule has 5 nitrogen and oxygen atoms in total. The average molecular weight is 257 g/mol. The van der Waals surface area contributed by atoms with Crippen LogP contribution in [0.25, 0.3) is 0 Å². The summed E-state index contributed by atoms with van der Waals surface area (Å²) in [6, 6.07) is 0. The van der Waals surface area contributed by atoms with Crippen LogP contribution in [0.2, 0.25) is 0 Å². The fourth-order valence-electron chi connectivity index (χ4n) is 2.01. The van der Waals surface area contributed by atoms with E-state index in [0.717, 1.165) is 32.1 Å². The van der Waals surface area contributed by atoms with Crippen molar-refractivity contribution in [2.75, 3.05) is 20.3 Å². The van der Waals surface area contributed by atoms with Gasteiger partial charge in [-0.25, -0.2) is 0 Å². The largest absolute Gasteiger partial charge is 0.481 e. The maximum absolute atomic E-state index is 11.9. The summed E-state index contributed by atoms with van der Waals surface area (Å²) in [5.41, 5.74) is -0.170. The van der Waals surface area contributed by atoms with Gasteiger partial charge >= 0.3 is 5.97 Å². The minimum absolute atomic E-state index is 0.137. The molecule has 0 aliphatic heterocycles. The van der Waals surface area contributed by atoms with E-state index in [4.69, 9.17) is 9.84 Å². The average Bonchev–Trinajstić information content (AvgIpc) is 3.11. The van der Waals surface area contributed by atoms with E-state index in [1.165, 1.54) is 0 Å². The van der Waals surface area contributed by atoms with Crippen LogP contribution < -0.4 is 5.32 Å². The standard InChI is InChI=1S/C13H23NO4/c1-18-10-8-13(6-7-13)12(17)14-9-4-2-3-5-11(15)16/h2-10H2,1H3,(H,14,17)(H,15,16). The first kappa shape index (κ1) is 15.0. The van der Waals surface area contributed by atoms with E-state index in [2.05, 4.69) is 5.32 Å². The minimum Gasteiger partial charge on any atom is -0.481 e. The number of aliphatic carboxylic acids is 1. The minimum atomic E-state index is -0.754. The molecule has 1 aliphatic carbocycles. The summed E-state index contributed by atoms with van der Waals surface area (Å²) in [6.07, 6.45) is 5.31. The summed E-state index contributed by atoms with van der Waals surface area (Å²) < 4.78 is 5.01. The molecule has 0 heterocycles. The van der Waals surface area contributed by atoms with Gasteiger partial charge < -0.3 is 15.2 Å². The van der Waals surface area contributed by atoms with Crippen LogP contribution in [0.3, 0.4) is 0 Å². The third-order valence-electron chi connectivity index (χ3n) is 3.47. The first-order valence-corrected chi connectivity index (χ1v) is 6.60. The number of methoxy groups -OCH3 is 1. The van der Waals surface area contributed by atoms with Crippen molar-refractivity contribution >= 4 is 11.9 Å². The highest BCUT2D eigenvalue weighted by Gasteiger charge is 2.48. The van der Waals surface area contributed by atoms with Gasteiger partial charge in [-0.1, -0.05) is 6.42 Å². The monoisotopic (exact) mass is 257 g/mol. The lowest BCUT2D eigenvalue weighted by atomic mass is 10.0. The van der Waals surface area contributed by atoms with Gasteiger partial charge in [-0.2, -0.15) is 0 Å². The molecule has 0 aromatic heterocycles. The van der Waals surface area contributed by atoms with Gasteiger partial charge in [-0.15, -0.1) is 0 Å². The van der Waals surface area contributed by atoms with Crippen LogP contribution in [0, 0.1) is 5.41 Å². The lowest BCUT2D eigenvalue weighted by Crippen LogP contribution is -2.33. The summed E-state index contributed by atoms with van der Waals surface area (Å²) in [6.45, 7) is 1.28. The molecule has 0 atom stereocenters. The van der Waals surface area contributed by atoms with Crippen LogP contribution in [0.1, 0.15) is 44.9 Å². The number of amides is 1. The van der Waals surface area contributed by atoms with Crippen molar-refractivity contribution in [3.05, 3.63) is 0 Å². The fourth-order valence-corrected chi connectivity index (χ4v) is 2.01. The predicted octanol–water partition coefficient (Wildman–Crippen LogP) is 1.56. The van der Waals surface area contributed by atoms with Crippen LogP contribution in [0.15, 0.2) is 0 Å². The highest BCUT2D eigenvalue weighted by Crippen LogP contribution is 2.48. The van der Waals surface area contributed by atoms with Crippen molar-refractivity contribution in [2.24, 2.45) is 5.41 Å². The van der Waals surface area contributed by atoms with E-state index in [1.807, 2.05) is 0 Å². The maximum Gasteiger partial charge on any atom is 0.303 e. The van der Waals surface area contributed by atoms with E-state index in [9.17, 15) is 9.59 Å². The van der Waals surface area contributed by atoms with Crippen molar-refractivity contribution in [1.29, 1.82) is 0 Å². The van der Waals surface area contributed by atoms with Gasteiger partial charge in [0.1, 0.15) is 0 Å². The maximum atomic E-state index is 11.9. The summed E-state index contributed by atoms with van der Waals surface area (Å²) in [5, 5.41) is 11.4. The van der Waals surface area contributed by atoms with Crippen molar-refractivity contribution in [3.8, 4) is 0 Å². The van der Waals surface area contributed by atoms with Crippen molar-refractivity contribution in [3.63, 3.8) is 0 Å². The first-order valence-electron chi connectivity index (χ1n) is 6.60. The highest BCUT2D eigenvalue weighted by molar-refractivity contribution is 5.85. The van der Waals surface area contributed by atoms with Crippen LogP contribution >= 0.6 is 0 Å². The van der Waals surface area contributed by atoms with E-state index in [-0.39, 0.29) is 17.7 Å². The number of carbonyl (C=O) groups excluding carboxylic acids is 1. The SMILES string of the molecule is COCCC1(C(=O)NCCCCCC(=O)O)CC1. The van der Waals surface area contributed by atoms with Gasteiger partial charge in [0.2, 0.25) is 5.91 Å². The molecule has 0 radical (unpaired) electrons. The third kappa shape index (κ3) is 5.04. The zero-order chi connectivity index (χ0) is 13.4. The van der Waals surface area contributed by atoms with E-state index in [0.29, 0.717) is 19.6 Å². The summed E-state index contributed by atoms with van der Waals surface area (Å²) in [7, 11) is 1.65. The number of carboxylic acid groups (broad SMARTS) is 1. The molecule has 18 heavy (non-hydrogen) atoms. The summed E-state index contributed by atoms with van der Waals surface area (Å²) in [5.74, 6) is -0.617. The molecular weight excluding hydrogens is 234 g/mol. The van der Waals surface area contributed by atoms with Crippen molar-refractivity contribution in [1.82, 2.24) is 5.32 Å². The molecule has 5 heteroatoms. The molecule has 0 spiro atoms. The Labute approximate surface area is 108 Å². The molecule has 0 aromatic rings. The Kier molecular flexibility index (Phi) is 6.12. The van der Waals surface area contributed by atoms with Gasteiger partial charge in [-0.3, -0.25) is 9.59 Å². The smallest absolute Gasteiger partial charge is 0.303 e. The first-order chi connectivity index (χ1) is 8.60. The molecule has 0 saturated heterocycles. The fraction of sp³-hybridized carbons (Fsp3) is 0.846. The Hall–Kier alpha value is -1.10. The molecule has 1 amide bonds. The Morgan fingerprint density at radius 2 is 2.00 bits per heavy atom. The molecule has 1 saturated carbocycles. The number of hydrogen-bond donors (Lipinski definition) is 2. The molecule has 0 aromatic carbocycles. The van der Waals surface area contributed by atoms with E-state index >= 15 is 0 Å². The van der Waals surface area contributed by atoms with Crippen LogP contribution in [0.4, 0.5) is 0 Å². The zero-order valence-corrected chi connectivity index (χ0v) is 11.0. The third-order valence-corrected chi connectivity index (χ3v) is 3.47. The second kappa shape index (κ2) is 7.36. The summed E-state index contributed by atoms with van der Waals surface area (Å²) >= 11 is 0. The Balaban J connectivity index is 2.05. The second-order valence-corrected chi connectivity index (χ2v) is 4.98. The van der Waals surface area contributed by atoms with Gasteiger partial charge in [0, 0.05) is 26.7 Å². The van der Waals surface area contributed by atoms with Gasteiger partial charge in [0.05, 0.1) is 5.41 Å². The van der Waals surface area contributed by atoms with Crippen LogP contribution in [0.5, 0.6) is 0 Å². The highest BCUT2D eigenvalue weighted by atomic mass is 16.5. The number of unbranched alkanes of at least 4 members (excludes halogenated alkanes) is 2. The lowest BCUT2D eigenvalue weighted by molar-refractivity contribution is -0.137. The Morgan fingerprint density at radius 3 is 2.56 bits per heavy atom. The number of ether oxygens (including phenoxy) is 1. The number of carboxylic acids is 1. The molecule has 2 N–H and O–H groups in total. The van der Waals surface area contributed by atoms with E-state index in [1.54, 1.807) is 7.11 Å². The van der Waals surface area contributed by atoms with Gasteiger partial charge in [0.15, 0.2) is 0 Å². The Morgan fingerprint density at radius 1 is 1.28 bits per heavy atom. The quantitative estimate of drug-likeness (QED) is 0.582. The van der Waals surface area contributed by atoms with Gasteiger partial charge in [-0.05, 0) is 32.1 Å². The predicted molar refractivity (Wildman–Crippen MR) is 67.3 cm³/mol. The topological polar surface area (TPSA) is 75.6 Å². The normalized spacial score (nSPS) is 16.3. The second-order valence-electron chi connectivity index (χ2n) is 4.98. The molecule has 1 aliphatic rings. The zero-order valence-electron chi connectivity index (χ0n) is 11.0. The molecule has 0 unspecified atom stereocenters. The number of nitrogens with one attached hydrogen (secondary N) is 1. The van der Waals surface area contributed by atoms with Crippen LogP contribution in [-0.2, 0) is 14.3 Å². The van der Waals surface area contributed by atoms with Crippen LogP contribution in [-0.4, -0.2) is 37.2 Å². The van der Waals surface area contributed by atoms with E-state index < -0.39 is 5.97 Å². The number of rotatable bonds is 10. The molecule has 1 rings (SSSR count). The number of carbonyl (C=O) groups is 2. The molecule has 1 fully saturated rings. The van der Waals surface area contributed by atoms with Crippen molar-refractivity contribution in [2.45, 2.75) is 44.9 Å². The molecule has 0 bridgehead atoms. The van der Waals surface area contributed by atoms with Gasteiger partial charge in [0.25, 0.3) is 0 Å². The Bertz CT molecular complexity index is 287. The summed E-state index contributed by atoms with van der Waals surface area (Å²) in [4.78, 5) is 22.2. The molecule has 104 valence electrons.